The van der Waals surface area contributed by atoms with Crippen molar-refractivity contribution in [2.45, 2.75) is 33.1 Å². The van der Waals surface area contributed by atoms with Crippen LogP contribution in [-0.2, 0) is 4.79 Å². The van der Waals surface area contributed by atoms with Crippen LogP contribution in [0.3, 0.4) is 0 Å². The highest BCUT2D eigenvalue weighted by atomic mass is 127. The molecule has 0 aliphatic heterocycles. The van der Waals surface area contributed by atoms with Gasteiger partial charge in [-0.25, -0.2) is 4.99 Å². The Labute approximate surface area is 134 Å². The van der Waals surface area contributed by atoms with Gasteiger partial charge in [-0.1, -0.05) is 20.3 Å². The minimum atomic E-state index is 0. The molecule has 5 nitrogen and oxygen atoms in total. The third-order valence-corrected chi connectivity index (χ3v) is 2.60. The van der Waals surface area contributed by atoms with Crippen LogP contribution in [0.15, 0.2) is 4.99 Å². The van der Waals surface area contributed by atoms with Gasteiger partial charge in [0.1, 0.15) is 6.54 Å². The van der Waals surface area contributed by atoms with Crippen LogP contribution in [-0.4, -0.2) is 62.4 Å². The lowest BCUT2D eigenvalue weighted by molar-refractivity contribution is -0.127. The van der Waals surface area contributed by atoms with Gasteiger partial charge in [0.25, 0.3) is 0 Å². The van der Waals surface area contributed by atoms with Gasteiger partial charge in [0.2, 0.25) is 5.91 Å². The summed E-state index contributed by atoms with van der Waals surface area (Å²) in [6.45, 7) is 6.32. The molecular formula is C13H29IN4O. The first-order valence-electron chi connectivity index (χ1n) is 6.72. The van der Waals surface area contributed by atoms with E-state index in [0.717, 1.165) is 38.3 Å². The second-order valence-electron chi connectivity index (χ2n) is 4.63. The molecule has 0 bridgehead atoms. The Kier molecular flexibility index (Phi) is 13.7. The molecule has 0 saturated heterocycles. The highest BCUT2D eigenvalue weighted by Crippen LogP contribution is 1.94. The first-order chi connectivity index (χ1) is 8.52. The maximum absolute atomic E-state index is 11.5. The summed E-state index contributed by atoms with van der Waals surface area (Å²) in [7, 11) is 5.51. The van der Waals surface area contributed by atoms with Crippen molar-refractivity contribution in [2.24, 2.45) is 4.99 Å². The smallest absolute Gasteiger partial charge is 0.243 e. The highest BCUT2D eigenvalue weighted by Gasteiger charge is 2.07. The van der Waals surface area contributed by atoms with Crippen LogP contribution in [0.2, 0.25) is 0 Å². The molecule has 0 atom stereocenters. The largest absolute Gasteiger partial charge is 0.356 e. The first-order valence-corrected chi connectivity index (χ1v) is 6.72. The summed E-state index contributed by atoms with van der Waals surface area (Å²) in [6.07, 6.45) is 3.33. The van der Waals surface area contributed by atoms with Crippen molar-refractivity contribution in [1.82, 2.24) is 15.1 Å². The van der Waals surface area contributed by atoms with E-state index in [1.165, 1.54) is 0 Å². The number of amides is 1. The van der Waals surface area contributed by atoms with Crippen molar-refractivity contribution >= 4 is 35.8 Å². The normalized spacial score (nSPS) is 10.7. The van der Waals surface area contributed by atoms with Gasteiger partial charge < -0.3 is 15.1 Å². The van der Waals surface area contributed by atoms with E-state index in [-0.39, 0.29) is 36.4 Å². The van der Waals surface area contributed by atoms with Gasteiger partial charge >= 0.3 is 0 Å². The lowest BCUT2D eigenvalue weighted by Crippen LogP contribution is -2.40. The zero-order valence-corrected chi connectivity index (χ0v) is 15.2. The topological polar surface area (TPSA) is 47.9 Å². The summed E-state index contributed by atoms with van der Waals surface area (Å²) < 4.78 is 0. The molecule has 19 heavy (non-hydrogen) atoms. The molecule has 0 aromatic carbocycles. The lowest BCUT2D eigenvalue weighted by Gasteiger charge is -2.22. The van der Waals surface area contributed by atoms with Crippen molar-refractivity contribution in [3.63, 3.8) is 0 Å². The standard InChI is InChI=1S/C13H28N4O.HI/c1-6-8-10-17(5)13(14-9-7-2)15-11-12(18)16(3)4;/h6-11H2,1-5H3,(H,14,15);1H. The number of unbranched alkanes of at least 4 members (excludes halogenated alkanes) is 1. The van der Waals surface area contributed by atoms with Gasteiger partial charge in [-0.05, 0) is 12.8 Å². The number of aliphatic imine (C=N–C) groups is 1. The molecular weight excluding hydrogens is 355 g/mol. The average Bonchev–Trinajstić information content (AvgIpc) is 2.35. The molecule has 0 aromatic rings. The maximum Gasteiger partial charge on any atom is 0.243 e. The van der Waals surface area contributed by atoms with Crippen molar-refractivity contribution in [3.8, 4) is 0 Å². The van der Waals surface area contributed by atoms with E-state index in [4.69, 9.17) is 0 Å². The van der Waals surface area contributed by atoms with E-state index in [2.05, 4.69) is 29.1 Å². The zero-order chi connectivity index (χ0) is 14.0. The summed E-state index contributed by atoms with van der Waals surface area (Å²) in [5.41, 5.74) is 0. The predicted molar refractivity (Wildman–Crippen MR) is 92.2 cm³/mol. The summed E-state index contributed by atoms with van der Waals surface area (Å²) in [5, 5.41) is 3.28. The van der Waals surface area contributed by atoms with E-state index in [9.17, 15) is 4.79 Å². The van der Waals surface area contributed by atoms with E-state index in [0.29, 0.717) is 0 Å². The zero-order valence-electron chi connectivity index (χ0n) is 12.9. The third kappa shape index (κ3) is 9.98. The van der Waals surface area contributed by atoms with Crippen molar-refractivity contribution < 1.29 is 4.79 Å². The molecule has 0 aliphatic rings. The summed E-state index contributed by atoms with van der Waals surface area (Å²) in [4.78, 5) is 19.6. The minimum Gasteiger partial charge on any atom is -0.356 e. The van der Waals surface area contributed by atoms with Crippen LogP contribution in [0.4, 0.5) is 0 Å². The number of guanidine groups is 1. The van der Waals surface area contributed by atoms with Crippen LogP contribution >= 0.6 is 24.0 Å². The maximum atomic E-state index is 11.5. The second-order valence-corrected chi connectivity index (χ2v) is 4.63. The molecule has 114 valence electrons. The van der Waals surface area contributed by atoms with Gasteiger partial charge in [0.05, 0.1) is 0 Å². The molecule has 1 N–H and O–H groups in total. The van der Waals surface area contributed by atoms with Crippen molar-refractivity contribution in [2.75, 3.05) is 40.8 Å². The molecule has 6 heteroatoms. The third-order valence-electron chi connectivity index (χ3n) is 2.60. The summed E-state index contributed by atoms with van der Waals surface area (Å²) >= 11 is 0. The highest BCUT2D eigenvalue weighted by molar-refractivity contribution is 14.0. The van der Waals surface area contributed by atoms with Crippen LogP contribution in [0.1, 0.15) is 33.1 Å². The molecule has 0 unspecified atom stereocenters. The lowest BCUT2D eigenvalue weighted by atomic mass is 10.3. The molecule has 0 aromatic heterocycles. The van der Waals surface area contributed by atoms with E-state index < -0.39 is 0 Å². The molecule has 0 fully saturated rings. The van der Waals surface area contributed by atoms with Gasteiger partial charge in [-0.15, -0.1) is 24.0 Å². The number of halogens is 1. The molecule has 1 amide bonds. The van der Waals surface area contributed by atoms with Gasteiger partial charge in [0.15, 0.2) is 5.96 Å². The number of nitrogens with one attached hydrogen (secondary N) is 1. The molecule has 0 aliphatic carbocycles. The number of rotatable bonds is 7. The van der Waals surface area contributed by atoms with Crippen LogP contribution in [0, 0.1) is 0 Å². The number of hydrogen-bond donors (Lipinski definition) is 1. The Balaban J connectivity index is 0. The molecule has 0 radical (unpaired) electrons. The van der Waals surface area contributed by atoms with Gasteiger partial charge in [0, 0.05) is 34.2 Å². The number of likely N-dealkylation sites (N-methyl/N-ethyl adjacent to an activating group) is 1. The van der Waals surface area contributed by atoms with E-state index in [1.807, 2.05) is 7.05 Å². The van der Waals surface area contributed by atoms with Gasteiger partial charge in [-0.2, -0.15) is 0 Å². The Bertz CT molecular complexity index is 269. The van der Waals surface area contributed by atoms with Crippen molar-refractivity contribution in [1.29, 1.82) is 0 Å². The van der Waals surface area contributed by atoms with Crippen LogP contribution in [0.5, 0.6) is 0 Å². The number of carbonyl (C=O) groups is 1. The number of nitrogens with zero attached hydrogens (tertiary/aromatic N) is 3. The average molecular weight is 384 g/mol. The fourth-order valence-electron chi connectivity index (χ4n) is 1.33. The van der Waals surface area contributed by atoms with Crippen LogP contribution in [0.25, 0.3) is 0 Å². The fraction of sp³-hybridized carbons (Fsp3) is 0.846. The van der Waals surface area contributed by atoms with E-state index >= 15 is 0 Å². The summed E-state index contributed by atoms with van der Waals surface area (Å²) in [6, 6.07) is 0. The van der Waals surface area contributed by atoms with Crippen molar-refractivity contribution in [3.05, 3.63) is 0 Å². The molecule has 0 spiro atoms. The number of carbonyl (C=O) groups excluding carboxylic acids is 1. The van der Waals surface area contributed by atoms with Gasteiger partial charge in [-0.3, -0.25) is 4.79 Å². The Morgan fingerprint density at radius 1 is 1.16 bits per heavy atom. The molecule has 0 heterocycles. The second kappa shape index (κ2) is 12.5. The minimum absolute atomic E-state index is 0. The van der Waals surface area contributed by atoms with Crippen LogP contribution < -0.4 is 5.32 Å². The Morgan fingerprint density at radius 3 is 2.26 bits per heavy atom. The SMILES string of the molecule is CCCCN(C)C(=NCC(=O)N(C)C)NCCC.I. The molecule has 0 saturated carbocycles. The monoisotopic (exact) mass is 384 g/mol. The number of hydrogen-bond acceptors (Lipinski definition) is 2. The Morgan fingerprint density at radius 2 is 1.79 bits per heavy atom. The molecule has 0 rings (SSSR count). The first kappa shape index (κ1) is 20.8. The predicted octanol–water partition coefficient (Wildman–Crippen LogP) is 1.78. The quantitative estimate of drug-likeness (QED) is 0.414. The van der Waals surface area contributed by atoms with E-state index in [1.54, 1.807) is 19.0 Å². The Hall–Kier alpha value is -0.530. The fourth-order valence-corrected chi connectivity index (χ4v) is 1.33. The summed E-state index contributed by atoms with van der Waals surface area (Å²) in [5.74, 6) is 0.843.